The molecule has 0 aromatic heterocycles. The molecule has 2 fully saturated rings. The molecule has 2 rings (SSSR count). The van der Waals surface area contributed by atoms with Crippen LogP contribution in [0.5, 0.6) is 0 Å². The van der Waals surface area contributed by atoms with Crippen LogP contribution in [0.4, 0.5) is 0 Å². The Hall–Kier alpha value is -0.0400. The summed E-state index contributed by atoms with van der Waals surface area (Å²) in [6.07, 6.45) is 14.9. The molecule has 0 heterocycles. The third-order valence-electron chi connectivity index (χ3n) is 5.23. The van der Waals surface area contributed by atoms with Crippen LogP contribution in [0, 0.1) is 17.8 Å². The van der Waals surface area contributed by atoms with Gasteiger partial charge in [-0.2, -0.15) is 0 Å². The maximum atomic E-state index is 10.5. The van der Waals surface area contributed by atoms with Gasteiger partial charge in [0.05, 0.1) is 6.10 Å². The van der Waals surface area contributed by atoms with E-state index in [1.807, 2.05) is 0 Å². The predicted octanol–water partition coefficient (Wildman–Crippen LogP) is 4.53. The smallest absolute Gasteiger partial charge is 0.0599 e. The summed E-state index contributed by atoms with van der Waals surface area (Å²) in [6, 6.07) is 0. The van der Waals surface area contributed by atoms with E-state index in [2.05, 4.69) is 6.92 Å². The lowest BCUT2D eigenvalue weighted by atomic mass is 9.85. The van der Waals surface area contributed by atoms with Gasteiger partial charge in [0, 0.05) is 0 Å². The van der Waals surface area contributed by atoms with Gasteiger partial charge in [0.25, 0.3) is 0 Å². The molecule has 0 aliphatic heterocycles. The molecule has 0 aromatic carbocycles. The molecule has 0 bridgehead atoms. The fourth-order valence-electron chi connectivity index (χ4n) is 4.15. The van der Waals surface area contributed by atoms with E-state index in [0.717, 1.165) is 5.92 Å². The molecule has 3 unspecified atom stereocenters. The molecular weight excluding hydrogens is 208 g/mol. The molecule has 3 atom stereocenters. The van der Waals surface area contributed by atoms with E-state index < -0.39 is 0 Å². The fraction of sp³-hybridized carbons (Fsp3) is 1.00. The summed E-state index contributed by atoms with van der Waals surface area (Å²) in [5, 5.41) is 10.5. The second-order valence-electron chi connectivity index (χ2n) is 6.39. The van der Waals surface area contributed by atoms with E-state index in [1.54, 1.807) is 0 Å². The topological polar surface area (TPSA) is 20.2 Å². The molecule has 1 heteroatoms. The van der Waals surface area contributed by atoms with E-state index in [0.29, 0.717) is 11.8 Å². The normalized spacial score (nSPS) is 34.6. The molecule has 0 radical (unpaired) electrons. The van der Waals surface area contributed by atoms with Crippen LogP contribution >= 0.6 is 0 Å². The maximum absolute atomic E-state index is 10.5. The molecule has 2 aliphatic rings. The van der Waals surface area contributed by atoms with Gasteiger partial charge in [-0.3, -0.25) is 0 Å². The van der Waals surface area contributed by atoms with Gasteiger partial charge >= 0.3 is 0 Å². The van der Waals surface area contributed by atoms with Crippen LogP contribution in [-0.2, 0) is 0 Å². The lowest BCUT2D eigenvalue weighted by Gasteiger charge is -2.24. The molecular formula is C16H30O. The third-order valence-corrected chi connectivity index (χ3v) is 5.23. The Morgan fingerprint density at radius 1 is 0.941 bits per heavy atom. The number of hydrogen-bond acceptors (Lipinski definition) is 1. The van der Waals surface area contributed by atoms with Crippen LogP contribution in [0.2, 0.25) is 0 Å². The van der Waals surface area contributed by atoms with Crippen molar-refractivity contribution in [3.63, 3.8) is 0 Å². The van der Waals surface area contributed by atoms with Crippen molar-refractivity contribution in [2.75, 3.05) is 0 Å². The number of hydrogen-bond donors (Lipinski definition) is 1. The van der Waals surface area contributed by atoms with Crippen LogP contribution in [0.1, 0.15) is 77.6 Å². The summed E-state index contributed by atoms with van der Waals surface area (Å²) >= 11 is 0. The fourth-order valence-corrected chi connectivity index (χ4v) is 4.15. The Morgan fingerprint density at radius 2 is 1.71 bits per heavy atom. The standard InChI is InChI=1S/C16H30O/c1-2-3-4-5-10-14-11-12-15(16(14)17)13-8-6-7-9-13/h13-17H,2-12H2,1H3. The zero-order valence-electron chi connectivity index (χ0n) is 11.5. The maximum Gasteiger partial charge on any atom is 0.0599 e. The van der Waals surface area contributed by atoms with Gasteiger partial charge in [0.2, 0.25) is 0 Å². The van der Waals surface area contributed by atoms with Crippen molar-refractivity contribution >= 4 is 0 Å². The number of unbranched alkanes of at least 4 members (excludes halogenated alkanes) is 3. The summed E-state index contributed by atoms with van der Waals surface area (Å²) < 4.78 is 0. The van der Waals surface area contributed by atoms with Crippen LogP contribution in [0.3, 0.4) is 0 Å². The highest BCUT2D eigenvalue weighted by Crippen LogP contribution is 2.44. The predicted molar refractivity (Wildman–Crippen MR) is 72.9 cm³/mol. The first-order valence-corrected chi connectivity index (χ1v) is 8.01. The molecule has 0 saturated heterocycles. The molecule has 1 N–H and O–H groups in total. The van der Waals surface area contributed by atoms with Gasteiger partial charge in [-0.15, -0.1) is 0 Å². The minimum absolute atomic E-state index is 0.0414. The van der Waals surface area contributed by atoms with Gasteiger partial charge < -0.3 is 5.11 Å². The van der Waals surface area contributed by atoms with Crippen molar-refractivity contribution in [1.82, 2.24) is 0 Å². The summed E-state index contributed by atoms with van der Waals surface area (Å²) in [4.78, 5) is 0. The molecule has 2 aliphatic carbocycles. The molecule has 17 heavy (non-hydrogen) atoms. The van der Waals surface area contributed by atoms with E-state index in [4.69, 9.17) is 0 Å². The number of aliphatic hydroxyl groups is 1. The van der Waals surface area contributed by atoms with Gasteiger partial charge in [0.1, 0.15) is 0 Å². The minimum Gasteiger partial charge on any atom is -0.393 e. The molecule has 0 aromatic rings. The van der Waals surface area contributed by atoms with Crippen molar-refractivity contribution < 1.29 is 5.11 Å². The molecule has 0 spiro atoms. The van der Waals surface area contributed by atoms with E-state index in [-0.39, 0.29) is 6.10 Å². The summed E-state index contributed by atoms with van der Waals surface area (Å²) in [6.45, 7) is 2.26. The molecule has 0 amide bonds. The average molecular weight is 238 g/mol. The van der Waals surface area contributed by atoms with E-state index in [1.165, 1.54) is 70.6 Å². The Morgan fingerprint density at radius 3 is 2.41 bits per heavy atom. The molecule has 100 valence electrons. The van der Waals surface area contributed by atoms with Crippen molar-refractivity contribution in [3.8, 4) is 0 Å². The van der Waals surface area contributed by atoms with Crippen LogP contribution in [0.25, 0.3) is 0 Å². The summed E-state index contributed by atoms with van der Waals surface area (Å²) in [5.41, 5.74) is 0. The second-order valence-corrected chi connectivity index (χ2v) is 6.39. The lowest BCUT2D eigenvalue weighted by molar-refractivity contribution is 0.0611. The first-order valence-electron chi connectivity index (χ1n) is 8.01. The third kappa shape index (κ3) is 3.47. The highest BCUT2D eigenvalue weighted by Gasteiger charge is 2.39. The number of rotatable bonds is 6. The quantitative estimate of drug-likeness (QED) is 0.674. The van der Waals surface area contributed by atoms with Gasteiger partial charge in [-0.25, -0.2) is 0 Å². The molecule has 2 saturated carbocycles. The van der Waals surface area contributed by atoms with Crippen LogP contribution in [0.15, 0.2) is 0 Å². The van der Waals surface area contributed by atoms with Crippen molar-refractivity contribution in [1.29, 1.82) is 0 Å². The number of aliphatic hydroxyl groups excluding tert-OH is 1. The summed E-state index contributed by atoms with van der Waals surface area (Å²) in [7, 11) is 0. The first kappa shape index (κ1) is 13.4. The second kappa shape index (κ2) is 6.78. The Labute approximate surface area is 107 Å². The Bertz CT molecular complexity index is 208. The summed E-state index contributed by atoms with van der Waals surface area (Å²) in [5.74, 6) is 2.16. The Kier molecular flexibility index (Phi) is 5.34. The highest BCUT2D eigenvalue weighted by molar-refractivity contribution is 4.89. The molecule has 1 nitrogen and oxygen atoms in total. The average Bonchev–Trinajstić information content (AvgIpc) is 2.95. The van der Waals surface area contributed by atoms with Crippen LogP contribution in [-0.4, -0.2) is 11.2 Å². The zero-order valence-corrected chi connectivity index (χ0v) is 11.5. The van der Waals surface area contributed by atoms with Crippen molar-refractivity contribution in [3.05, 3.63) is 0 Å². The van der Waals surface area contributed by atoms with Gasteiger partial charge in [0.15, 0.2) is 0 Å². The lowest BCUT2D eigenvalue weighted by Crippen LogP contribution is -2.25. The first-order chi connectivity index (χ1) is 8.33. The zero-order chi connectivity index (χ0) is 12.1. The van der Waals surface area contributed by atoms with Crippen molar-refractivity contribution in [2.24, 2.45) is 17.8 Å². The highest BCUT2D eigenvalue weighted by atomic mass is 16.3. The van der Waals surface area contributed by atoms with E-state index in [9.17, 15) is 5.11 Å². The van der Waals surface area contributed by atoms with Crippen LogP contribution < -0.4 is 0 Å². The Balaban J connectivity index is 1.70. The minimum atomic E-state index is 0.0414. The van der Waals surface area contributed by atoms with E-state index >= 15 is 0 Å². The SMILES string of the molecule is CCCCCCC1CCC(C2CCCC2)C1O. The van der Waals surface area contributed by atoms with Gasteiger partial charge in [-0.05, 0) is 37.0 Å². The van der Waals surface area contributed by atoms with Gasteiger partial charge in [-0.1, -0.05) is 58.3 Å². The monoisotopic (exact) mass is 238 g/mol. The van der Waals surface area contributed by atoms with Crippen molar-refractivity contribution in [2.45, 2.75) is 83.7 Å². The largest absolute Gasteiger partial charge is 0.393 e.